The molecule has 2 aromatic rings. The van der Waals surface area contributed by atoms with Crippen molar-refractivity contribution in [1.82, 2.24) is 4.90 Å². The summed E-state index contributed by atoms with van der Waals surface area (Å²) in [5, 5.41) is 0. The second kappa shape index (κ2) is 8.61. The van der Waals surface area contributed by atoms with Crippen LogP contribution in [0, 0.1) is 0 Å². The number of carbonyl (C=O) groups is 2. The average molecular weight is 406 g/mol. The van der Waals surface area contributed by atoms with Crippen LogP contribution in [0.3, 0.4) is 0 Å². The van der Waals surface area contributed by atoms with Crippen molar-refractivity contribution < 1.29 is 19.1 Å². The zero-order valence-electron chi connectivity index (χ0n) is 17.4. The van der Waals surface area contributed by atoms with Gasteiger partial charge in [-0.15, -0.1) is 0 Å². The number of amides is 2. The van der Waals surface area contributed by atoms with Crippen LogP contribution in [0.25, 0.3) is 5.57 Å². The van der Waals surface area contributed by atoms with E-state index in [4.69, 9.17) is 9.47 Å². The van der Waals surface area contributed by atoms with Gasteiger partial charge in [0.25, 0.3) is 11.8 Å². The lowest BCUT2D eigenvalue weighted by molar-refractivity contribution is -0.120. The lowest BCUT2D eigenvalue weighted by Gasteiger charge is -2.29. The summed E-state index contributed by atoms with van der Waals surface area (Å²) in [6.45, 7) is 3.97. The first-order chi connectivity index (χ1) is 14.6. The Hall–Kier alpha value is -3.28. The van der Waals surface area contributed by atoms with E-state index in [-0.39, 0.29) is 11.8 Å². The Kier molecular flexibility index (Phi) is 5.74. The topological polar surface area (TPSA) is 59.1 Å². The molecule has 1 fully saturated rings. The van der Waals surface area contributed by atoms with Crippen molar-refractivity contribution >= 4 is 23.1 Å². The van der Waals surface area contributed by atoms with Crippen molar-refractivity contribution in [3.05, 3.63) is 59.8 Å². The van der Waals surface area contributed by atoms with Crippen LogP contribution >= 0.6 is 0 Å². The number of hydrogen-bond acceptors (Lipinski definition) is 5. The van der Waals surface area contributed by atoms with Gasteiger partial charge >= 0.3 is 0 Å². The summed E-state index contributed by atoms with van der Waals surface area (Å²) in [5.74, 6) is 0.755. The van der Waals surface area contributed by atoms with Gasteiger partial charge in [0, 0.05) is 19.2 Å². The van der Waals surface area contributed by atoms with Gasteiger partial charge in [-0.1, -0.05) is 18.2 Å². The highest BCUT2D eigenvalue weighted by Crippen LogP contribution is 2.37. The third-order valence-corrected chi connectivity index (χ3v) is 5.50. The number of piperidine rings is 1. The van der Waals surface area contributed by atoms with Gasteiger partial charge < -0.3 is 14.4 Å². The molecule has 2 aromatic carbocycles. The molecule has 2 heterocycles. The smallest absolute Gasteiger partial charge is 0.282 e. The minimum absolute atomic E-state index is 0.277. The third-order valence-electron chi connectivity index (χ3n) is 5.50. The number of anilines is 1. The van der Waals surface area contributed by atoms with Crippen molar-refractivity contribution in [2.24, 2.45) is 0 Å². The van der Waals surface area contributed by atoms with E-state index in [9.17, 15) is 9.59 Å². The number of carbonyl (C=O) groups excluding carboxylic acids is 2. The van der Waals surface area contributed by atoms with Gasteiger partial charge in [0.15, 0.2) is 0 Å². The molecule has 0 bridgehead atoms. The van der Waals surface area contributed by atoms with E-state index in [1.54, 1.807) is 25.3 Å². The molecule has 0 aliphatic carbocycles. The van der Waals surface area contributed by atoms with Crippen LogP contribution in [0.4, 0.5) is 5.69 Å². The molecule has 30 heavy (non-hydrogen) atoms. The standard InChI is InChI=1S/C24H26N2O4/c1-3-30-20-9-7-8-18(16-20)26-23(27)21(17-10-12-19(29-2)13-11-17)22(24(26)28)25-14-5-4-6-15-25/h7-13,16H,3-6,14-15H2,1-2H3. The summed E-state index contributed by atoms with van der Waals surface area (Å²) in [6.07, 6.45) is 3.17. The van der Waals surface area contributed by atoms with E-state index < -0.39 is 0 Å². The Labute approximate surface area is 176 Å². The van der Waals surface area contributed by atoms with E-state index in [1.165, 1.54) is 4.90 Å². The highest BCUT2D eigenvalue weighted by Gasteiger charge is 2.42. The molecular formula is C24H26N2O4. The predicted octanol–water partition coefficient (Wildman–Crippen LogP) is 3.86. The molecule has 0 radical (unpaired) electrons. The van der Waals surface area contributed by atoms with Crippen molar-refractivity contribution in [1.29, 1.82) is 0 Å². The molecule has 0 saturated carbocycles. The van der Waals surface area contributed by atoms with Crippen molar-refractivity contribution in [3.63, 3.8) is 0 Å². The Morgan fingerprint density at radius 1 is 0.900 bits per heavy atom. The van der Waals surface area contributed by atoms with Crippen LogP contribution in [0.1, 0.15) is 31.7 Å². The van der Waals surface area contributed by atoms with Gasteiger partial charge in [-0.05, 0) is 56.0 Å². The van der Waals surface area contributed by atoms with Crippen LogP contribution in [0.15, 0.2) is 54.2 Å². The Morgan fingerprint density at radius 3 is 2.30 bits per heavy atom. The molecule has 6 heteroatoms. The molecule has 2 aliphatic rings. The fraction of sp³-hybridized carbons (Fsp3) is 0.333. The van der Waals surface area contributed by atoms with Gasteiger partial charge in [-0.25, -0.2) is 4.90 Å². The number of hydrogen-bond donors (Lipinski definition) is 0. The van der Waals surface area contributed by atoms with Gasteiger partial charge in [-0.3, -0.25) is 9.59 Å². The number of nitrogens with zero attached hydrogens (tertiary/aromatic N) is 2. The first-order valence-electron chi connectivity index (χ1n) is 10.4. The quantitative estimate of drug-likeness (QED) is 0.682. The molecule has 156 valence electrons. The fourth-order valence-corrected chi connectivity index (χ4v) is 4.06. The van der Waals surface area contributed by atoms with Crippen LogP contribution in [0.2, 0.25) is 0 Å². The summed E-state index contributed by atoms with van der Waals surface area (Å²) < 4.78 is 10.8. The highest BCUT2D eigenvalue weighted by molar-refractivity contribution is 6.45. The van der Waals surface area contributed by atoms with Gasteiger partial charge in [0.05, 0.1) is 25.0 Å². The molecule has 2 amide bonds. The molecule has 0 spiro atoms. The third kappa shape index (κ3) is 3.65. The summed E-state index contributed by atoms with van der Waals surface area (Å²) >= 11 is 0. The van der Waals surface area contributed by atoms with E-state index in [0.717, 1.165) is 37.9 Å². The van der Waals surface area contributed by atoms with E-state index >= 15 is 0 Å². The molecule has 6 nitrogen and oxygen atoms in total. The lowest BCUT2D eigenvalue weighted by atomic mass is 10.0. The van der Waals surface area contributed by atoms with Crippen molar-refractivity contribution in [3.8, 4) is 11.5 Å². The van der Waals surface area contributed by atoms with Crippen molar-refractivity contribution in [2.75, 3.05) is 31.7 Å². The monoisotopic (exact) mass is 406 g/mol. The molecule has 0 unspecified atom stereocenters. The minimum atomic E-state index is -0.306. The summed E-state index contributed by atoms with van der Waals surface area (Å²) in [7, 11) is 1.60. The van der Waals surface area contributed by atoms with Gasteiger partial charge in [-0.2, -0.15) is 0 Å². The largest absolute Gasteiger partial charge is 0.497 e. The highest BCUT2D eigenvalue weighted by atomic mass is 16.5. The van der Waals surface area contributed by atoms with Crippen LogP contribution < -0.4 is 14.4 Å². The van der Waals surface area contributed by atoms with Crippen LogP contribution in [-0.4, -0.2) is 43.5 Å². The maximum atomic E-state index is 13.5. The van der Waals surface area contributed by atoms with Crippen LogP contribution in [0.5, 0.6) is 11.5 Å². The zero-order chi connectivity index (χ0) is 21.1. The number of imide groups is 1. The number of rotatable bonds is 6. The van der Waals surface area contributed by atoms with Gasteiger partial charge in [0.1, 0.15) is 17.2 Å². The van der Waals surface area contributed by atoms with Crippen molar-refractivity contribution in [2.45, 2.75) is 26.2 Å². The summed E-state index contributed by atoms with van der Waals surface area (Å²) in [5.41, 5.74) is 2.19. The summed E-state index contributed by atoms with van der Waals surface area (Å²) in [4.78, 5) is 30.4. The average Bonchev–Trinajstić information content (AvgIpc) is 3.05. The fourth-order valence-electron chi connectivity index (χ4n) is 4.06. The maximum absolute atomic E-state index is 13.5. The van der Waals surface area contributed by atoms with E-state index in [2.05, 4.69) is 4.90 Å². The Balaban J connectivity index is 1.78. The Bertz CT molecular complexity index is 975. The number of likely N-dealkylation sites (tertiary alicyclic amines) is 1. The second-order valence-electron chi connectivity index (χ2n) is 7.38. The minimum Gasteiger partial charge on any atom is -0.497 e. The van der Waals surface area contributed by atoms with Gasteiger partial charge in [0.2, 0.25) is 0 Å². The van der Waals surface area contributed by atoms with Crippen LogP contribution in [-0.2, 0) is 9.59 Å². The zero-order valence-corrected chi connectivity index (χ0v) is 17.4. The number of methoxy groups -OCH3 is 1. The normalized spacial score (nSPS) is 17.0. The first-order valence-corrected chi connectivity index (χ1v) is 10.4. The molecule has 0 aromatic heterocycles. The lowest BCUT2D eigenvalue weighted by Crippen LogP contribution is -2.37. The molecule has 1 saturated heterocycles. The molecule has 4 rings (SSSR count). The SMILES string of the molecule is CCOc1cccc(N2C(=O)C(c3ccc(OC)cc3)=C(N3CCCCC3)C2=O)c1. The number of benzene rings is 2. The molecular weight excluding hydrogens is 380 g/mol. The summed E-state index contributed by atoms with van der Waals surface area (Å²) in [6, 6.07) is 14.4. The molecule has 0 atom stereocenters. The maximum Gasteiger partial charge on any atom is 0.282 e. The second-order valence-corrected chi connectivity index (χ2v) is 7.38. The van der Waals surface area contributed by atoms with E-state index in [1.807, 2.05) is 37.3 Å². The Morgan fingerprint density at radius 2 is 1.63 bits per heavy atom. The molecule has 0 N–H and O–H groups in total. The predicted molar refractivity (Wildman–Crippen MR) is 115 cm³/mol. The van der Waals surface area contributed by atoms with E-state index in [0.29, 0.717) is 35.1 Å². The number of ether oxygens (including phenoxy) is 2. The molecule has 2 aliphatic heterocycles. The first kappa shape index (κ1) is 20.0.